The number of nitrogens with two attached hydrogens (primary N) is 1. The summed E-state index contributed by atoms with van der Waals surface area (Å²) in [6.07, 6.45) is 4.50. The number of hydrogen-bond donors (Lipinski definition) is 1. The Labute approximate surface area is 111 Å². The molecule has 1 aliphatic heterocycles. The first-order chi connectivity index (χ1) is 8.76. The van der Waals surface area contributed by atoms with Gasteiger partial charge in [-0.3, -0.25) is 0 Å². The van der Waals surface area contributed by atoms with Crippen LogP contribution in [0.5, 0.6) is 0 Å². The van der Waals surface area contributed by atoms with Gasteiger partial charge in [0.2, 0.25) is 0 Å². The average molecular weight is 247 g/mol. The maximum Gasteiger partial charge on any atom is 0.0842 e. The summed E-state index contributed by atoms with van der Waals surface area (Å²) in [5, 5.41) is 0. The van der Waals surface area contributed by atoms with Crippen molar-refractivity contribution in [2.24, 2.45) is 11.7 Å². The summed E-state index contributed by atoms with van der Waals surface area (Å²) in [6.45, 7) is 5.28. The quantitative estimate of drug-likeness (QED) is 0.865. The van der Waals surface area contributed by atoms with Gasteiger partial charge in [-0.1, -0.05) is 51.0 Å². The lowest BCUT2D eigenvalue weighted by Crippen LogP contribution is -2.33. The van der Waals surface area contributed by atoms with Gasteiger partial charge in [0.15, 0.2) is 0 Å². The molecule has 100 valence electrons. The second-order valence-corrected chi connectivity index (χ2v) is 5.28. The van der Waals surface area contributed by atoms with E-state index in [9.17, 15) is 0 Å². The largest absolute Gasteiger partial charge is 0.373 e. The molecule has 0 saturated heterocycles. The highest BCUT2D eigenvalue weighted by molar-refractivity contribution is 5.31. The van der Waals surface area contributed by atoms with Crippen LogP contribution in [0.4, 0.5) is 0 Å². The normalized spacial score (nSPS) is 20.8. The van der Waals surface area contributed by atoms with Crippen LogP contribution in [0.3, 0.4) is 0 Å². The predicted molar refractivity (Wildman–Crippen MR) is 75.5 cm³/mol. The van der Waals surface area contributed by atoms with Crippen molar-refractivity contribution in [3.8, 4) is 0 Å². The monoisotopic (exact) mass is 247 g/mol. The van der Waals surface area contributed by atoms with E-state index in [1.807, 2.05) is 0 Å². The van der Waals surface area contributed by atoms with Crippen molar-refractivity contribution in [3.63, 3.8) is 0 Å². The molecular weight excluding hydrogens is 222 g/mol. The van der Waals surface area contributed by atoms with Gasteiger partial charge in [0.05, 0.1) is 12.7 Å². The second kappa shape index (κ2) is 6.35. The van der Waals surface area contributed by atoms with Crippen molar-refractivity contribution in [2.45, 2.75) is 51.7 Å². The number of benzene rings is 1. The number of ether oxygens (including phenoxy) is 1. The molecule has 2 nitrogen and oxygen atoms in total. The highest BCUT2D eigenvalue weighted by Gasteiger charge is 2.25. The Morgan fingerprint density at radius 2 is 2.00 bits per heavy atom. The van der Waals surface area contributed by atoms with Crippen LogP contribution in [0.2, 0.25) is 0 Å². The van der Waals surface area contributed by atoms with Gasteiger partial charge in [0.25, 0.3) is 0 Å². The molecular formula is C16H25NO. The first-order valence-corrected chi connectivity index (χ1v) is 7.21. The van der Waals surface area contributed by atoms with Gasteiger partial charge >= 0.3 is 0 Å². The summed E-state index contributed by atoms with van der Waals surface area (Å²) < 4.78 is 5.93. The molecule has 0 aromatic heterocycles. The highest BCUT2D eigenvalue weighted by Crippen LogP contribution is 2.32. The lowest BCUT2D eigenvalue weighted by molar-refractivity contribution is 0.0276. The summed E-state index contributed by atoms with van der Waals surface area (Å²) in [7, 11) is 0. The highest BCUT2D eigenvalue weighted by atomic mass is 16.5. The van der Waals surface area contributed by atoms with Crippen LogP contribution in [0, 0.1) is 5.92 Å². The van der Waals surface area contributed by atoms with Crippen LogP contribution in [0.1, 0.15) is 50.3 Å². The van der Waals surface area contributed by atoms with Gasteiger partial charge in [-0.05, 0) is 29.9 Å². The van der Waals surface area contributed by atoms with Crippen molar-refractivity contribution >= 4 is 0 Å². The van der Waals surface area contributed by atoms with Crippen LogP contribution < -0.4 is 5.73 Å². The molecule has 0 spiro atoms. The Bertz CT molecular complexity index is 373. The molecule has 0 saturated carbocycles. The summed E-state index contributed by atoms with van der Waals surface area (Å²) >= 11 is 0. The Hall–Kier alpha value is -0.860. The molecule has 2 unspecified atom stereocenters. The van der Waals surface area contributed by atoms with Crippen LogP contribution in [0.15, 0.2) is 24.3 Å². The zero-order chi connectivity index (χ0) is 13.0. The smallest absolute Gasteiger partial charge is 0.0842 e. The minimum absolute atomic E-state index is 0.200. The number of fused-ring (bicyclic) bond motifs is 1. The van der Waals surface area contributed by atoms with Gasteiger partial charge in [0.1, 0.15) is 0 Å². The summed E-state index contributed by atoms with van der Waals surface area (Å²) in [4.78, 5) is 0. The SMILES string of the molecule is CCC(CC)C(N)CC1OCCc2ccccc21. The van der Waals surface area contributed by atoms with Gasteiger partial charge in [-0.25, -0.2) is 0 Å². The van der Waals surface area contributed by atoms with Crippen molar-refractivity contribution in [1.82, 2.24) is 0 Å². The van der Waals surface area contributed by atoms with E-state index in [1.54, 1.807) is 0 Å². The molecule has 0 amide bonds. The van der Waals surface area contributed by atoms with E-state index in [0.717, 1.165) is 32.3 Å². The maximum absolute atomic E-state index is 6.35. The van der Waals surface area contributed by atoms with Crippen LogP contribution in [-0.4, -0.2) is 12.6 Å². The Kier molecular flexibility index (Phi) is 4.79. The van der Waals surface area contributed by atoms with E-state index in [1.165, 1.54) is 11.1 Å². The lowest BCUT2D eigenvalue weighted by atomic mass is 9.87. The first-order valence-electron chi connectivity index (χ1n) is 7.21. The fraction of sp³-hybridized carbons (Fsp3) is 0.625. The van der Waals surface area contributed by atoms with Gasteiger partial charge in [-0.2, -0.15) is 0 Å². The van der Waals surface area contributed by atoms with Gasteiger partial charge < -0.3 is 10.5 Å². The molecule has 0 bridgehead atoms. The molecule has 2 heteroatoms. The number of hydrogen-bond acceptors (Lipinski definition) is 2. The zero-order valence-corrected chi connectivity index (χ0v) is 11.6. The summed E-state index contributed by atoms with van der Waals surface area (Å²) in [6, 6.07) is 8.87. The average Bonchev–Trinajstić information content (AvgIpc) is 2.40. The zero-order valence-electron chi connectivity index (χ0n) is 11.6. The van der Waals surface area contributed by atoms with Crippen molar-refractivity contribution in [3.05, 3.63) is 35.4 Å². The molecule has 2 rings (SSSR count). The molecule has 0 radical (unpaired) electrons. The molecule has 2 N–H and O–H groups in total. The van der Waals surface area contributed by atoms with Crippen LogP contribution in [-0.2, 0) is 11.2 Å². The van der Waals surface area contributed by atoms with E-state index in [-0.39, 0.29) is 12.1 Å². The molecule has 0 aliphatic carbocycles. The fourth-order valence-electron chi connectivity index (χ4n) is 3.01. The minimum Gasteiger partial charge on any atom is -0.373 e. The van der Waals surface area contributed by atoms with Gasteiger partial charge in [-0.15, -0.1) is 0 Å². The van der Waals surface area contributed by atoms with Crippen LogP contribution in [0.25, 0.3) is 0 Å². The summed E-state index contributed by atoms with van der Waals surface area (Å²) in [5.74, 6) is 0.614. The third-order valence-electron chi connectivity index (χ3n) is 4.23. The molecule has 2 atom stereocenters. The third-order valence-corrected chi connectivity index (χ3v) is 4.23. The molecule has 1 aromatic carbocycles. The molecule has 0 fully saturated rings. The number of rotatable bonds is 5. The van der Waals surface area contributed by atoms with Crippen molar-refractivity contribution in [2.75, 3.05) is 6.61 Å². The first kappa shape index (κ1) is 13.6. The Balaban J connectivity index is 2.07. The maximum atomic E-state index is 6.35. The second-order valence-electron chi connectivity index (χ2n) is 5.28. The topological polar surface area (TPSA) is 35.2 Å². The molecule has 1 heterocycles. The standard InChI is InChI=1S/C16H25NO/c1-3-12(4-2)15(17)11-16-14-8-6-5-7-13(14)9-10-18-16/h5-8,12,15-16H,3-4,9-11,17H2,1-2H3. The van der Waals surface area contributed by atoms with E-state index in [4.69, 9.17) is 10.5 Å². The minimum atomic E-state index is 0.200. The Morgan fingerprint density at radius 1 is 1.28 bits per heavy atom. The fourth-order valence-corrected chi connectivity index (χ4v) is 3.01. The summed E-state index contributed by atoms with van der Waals surface area (Å²) in [5.41, 5.74) is 9.13. The van der Waals surface area contributed by atoms with E-state index >= 15 is 0 Å². The van der Waals surface area contributed by atoms with Crippen molar-refractivity contribution < 1.29 is 4.74 Å². The van der Waals surface area contributed by atoms with Gasteiger partial charge in [0, 0.05) is 6.04 Å². The third kappa shape index (κ3) is 2.93. The van der Waals surface area contributed by atoms with Crippen molar-refractivity contribution in [1.29, 1.82) is 0 Å². The molecule has 1 aromatic rings. The van der Waals surface area contributed by atoms with E-state index in [2.05, 4.69) is 38.1 Å². The lowest BCUT2D eigenvalue weighted by Gasteiger charge is -2.30. The molecule has 18 heavy (non-hydrogen) atoms. The molecule has 1 aliphatic rings. The van der Waals surface area contributed by atoms with E-state index in [0.29, 0.717) is 5.92 Å². The van der Waals surface area contributed by atoms with Crippen LogP contribution >= 0.6 is 0 Å². The predicted octanol–water partition coefficient (Wildman–Crippen LogP) is 3.45. The van der Waals surface area contributed by atoms with E-state index < -0.39 is 0 Å². The Morgan fingerprint density at radius 3 is 2.72 bits per heavy atom.